The Morgan fingerprint density at radius 3 is 2.95 bits per heavy atom. The van der Waals surface area contributed by atoms with Gasteiger partial charge in [0.05, 0.1) is 4.34 Å². The highest BCUT2D eigenvalue weighted by Crippen LogP contribution is 2.24. The molecule has 3 rings (SSSR count). The highest BCUT2D eigenvalue weighted by Gasteiger charge is 2.22. The van der Waals surface area contributed by atoms with Crippen LogP contribution in [0, 0.1) is 0 Å². The van der Waals surface area contributed by atoms with Crippen LogP contribution in [-0.4, -0.2) is 29.9 Å². The van der Waals surface area contributed by atoms with E-state index in [1.807, 2.05) is 11.4 Å². The van der Waals surface area contributed by atoms with Crippen molar-refractivity contribution in [3.05, 3.63) is 43.2 Å². The SMILES string of the molecule is O=C(OCC(=O)N1CCc2sccc2C1)c1ccc(Cl)s1. The molecule has 110 valence electrons. The third-order valence-electron chi connectivity index (χ3n) is 3.26. The van der Waals surface area contributed by atoms with Gasteiger partial charge < -0.3 is 9.64 Å². The van der Waals surface area contributed by atoms with Crippen molar-refractivity contribution in [2.45, 2.75) is 13.0 Å². The number of fused-ring (bicyclic) bond motifs is 1. The molecule has 0 unspecified atom stereocenters. The Labute approximate surface area is 134 Å². The Hall–Kier alpha value is -1.37. The molecule has 2 aromatic heterocycles. The molecule has 0 saturated heterocycles. The number of hydrogen-bond acceptors (Lipinski definition) is 5. The number of nitrogens with zero attached hydrogens (tertiary/aromatic N) is 1. The summed E-state index contributed by atoms with van der Waals surface area (Å²) >= 11 is 8.63. The van der Waals surface area contributed by atoms with E-state index in [1.165, 1.54) is 10.4 Å². The van der Waals surface area contributed by atoms with Crippen LogP contribution in [-0.2, 0) is 22.5 Å². The number of halogens is 1. The average Bonchev–Trinajstić information content (AvgIpc) is 3.12. The molecular formula is C14H12ClNO3S2. The first-order valence-electron chi connectivity index (χ1n) is 6.39. The van der Waals surface area contributed by atoms with Gasteiger partial charge in [0, 0.05) is 18.0 Å². The minimum Gasteiger partial charge on any atom is -0.451 e. The predicted octanol–water partition coefficient (Wildman–Crippen LogP) is 3.20. The average molecular weight is 342 g/mol. The second-order valence-electron chi connectivity index (χ2n) is 4.61. The van der Waals surface area contributed by atoms with E-state index in [-0.39, 0.29) is 12.5 Å². The molecule has 0 aliphatic carbocycles. The molecule has 0 spiro atoms. The molecule has 0 fully saturated rings. The molecule has 1 aliphatic heterocycles. The lowest BCUT2D eigenvalue weighted by Gasteiger charge is -2.26. The summed E-state index contributed by atoms with van der Waals surface area (Å²) in [6.07, 6.45) is 0.868. The number of rotatable bonds is 3. The summed E-state index contributed by atoms with van der Waals surface area (Å²) in [4.78, 5) is 27.3. The number of thiophene rings is 2. The van der Waals surface area contributed by atoms with Gasteiger partial charge in [-0.25, -0.2) is 4.79 Å². The summed E-state index contributed by atoms with van der Waals surface area (Å²) in [7, 11) is 0. The molecule has 0 radical (unpaired) electrons. The van der Waals surface area contributed by atoms with Crippen molar-refractivity contribution >= 4 is 46.2 Å². The second kappa shape index (κ2) is 6.17. The van der Waals surface area contributed by atoms with Gasteiger partial charge in [0.2, 0.25) is 0 Å². The fourth-order valence-corrected chi connectivity index (χ4v) is 4.00. The number of esters is 1. The normalized spacial score (nSPS) is 13.9. The van der Waals surface area contributed by atoms with Gasteiger partial charge in [0.1, 0.15) is 4.88 Å². The fraction of sp³-hybridized carbons (Fsp3) is 0.286. The van der Waals surface area contributed by atoms with E-state index in [2.05, 4.69) is 0 Å². The highest BCUT2D eigenvalue weighted by molar-refractivity contribution is 7.17. The van der Waals surface area contributed by atoms with Crippen molar-refractivity contribution < 1.29 is 14.3 Å². The largest absolute Gasteiger partial charge is 0.451 e. The lowest BCUT2D eigenvalue weighted by atomic mass is 10.1. The monoisotopic (exact) mass is 341 g/mol. The van der Waals surface area contributed by atoms with Crippen LogP contribution in [0.3, 0.4) is 0 Å². The first-order valence-corrected chi connectivity index (χ1v) is 8.46. The minimum absolute atomic E-state index is 0.164. The maximum Gasteiger partial charge on any atom is 0.348 e. The molecule has 0 saturated carbocycles. The standard InChI is InChI=1S/C14H12ClNO3S2/c15-12-2-1-11(21-12)14(18)19-8-13(17)16-5-3-10-9(7-16)4-6-20-10/h1-2,4,6H,3,5,7-8H2. The van der Waals surface area contributed by atoms with Gasteiger partial charge in [-0.15, -0.1) is 22.7 Å². The van der Waals surface area contributed by atoms with E-state index in [0.29, 0.717) is 22.3 Å². The van der Waals surface area contributed by atoms with Crippen molar-refractivity contribution in [2.75, 3.05) is 13.2 Å². The van der Waals surface area contributed by atoms with E-state index < -0.39 is 5.97 Å². The van der Waals surface area contributed by atoms with Gasteiger partial charge in [0.25, 0.3) is 5.91 Å². The Morgan fingerprint density at radius 1 is 1.33 bits per heavy atom. The zero-order valence-corrected chi connectivity index (χ0v) is 13.4. The molecule has 7 heteroatoms. The van der Waals surface area contributed by atoms with Crippen LogP contribution in [0.5, 0.6) is 0 Å². The zero-order chi connectivity index (χ0) is 14.8. The summed E-state index contributed by atoms with van der Waals surface area (Å²) in [6, 6.07) is 5.27. The van der Waals surface area contributed by atoms with E-state index in [4.69, 9.17) is 16.3 Å². The minimum atomic E-state index is -0.506. The molecule has 4 nitrogen and oxygen atoms in total. The molecule has 21 heavy (non-hydrogen) atoms. The van der Waals surface area contributed by atoms with E-state index in [0.717, 1.165) is 17.8 Å². The summed E-state index contributed by atoms with van der Waals surface area (Å²) in [6.45, 7) is 1.04. The molecule has 0 aromatic carbocycles. The van der Waals surface area contributed by atoms with Crippen molar-refractivity contribution in [1.82, 2.24) is 4.90 Å². The van der Waals surface area contributed by atoms with E-state index >= 15 is 0 Å². The Bertz CT molecular complexity index is 679. The van der Waals surface area contributed by atoms with Crippen LogP contribution in [0.15, 0.2) is 23.6 Å². The number of carbonyl (C=O) groups excluding carboxylic acids is 2. The smallest absolute Gasteiger partial charge is 0.348 e. The Kier molecular flexibility index (Phi) is 4.28. The maximum atomic E-state index is 12.1. The lowest BCUT2D eigenvalue weighted by molar-refractivity contribution is -0.135. The van der Waals surface area contributed by atoms with Crippen LogP contribution >= 0.6 is 34.3 Å². The van der Waals surface area contributed by atoms with E-state index in [1.54, 1.807) is 28.4 Å². The maximum absolute atomic E-state index is 12.1. The fourth-order valence-electron chi connectivity index (χ4n) is 2.18. The van der Waals surface area contributed by atoms with Crippen molar-refractivity contribution in [2.24, 2.45) is 0 Å². The van der Waals surface area contributed by atoms with Gasteiger partial charge in [-0.1, -0.05) is 11.6 Å². The molecule has 0 atom stereocenters. The quantitative estimate of drug-likeness (QED) is 0.805. The molecule has 2 aromatic rings. The third kappa shape index (κ3) is 3.28. The number of amides is 1. The van der Waals surface area contributed by atoms with Crippen LogP contribution in [0.2, 0.25) is 4.34 Å². The van der Waals surface area contributed by atoms with Gasteiger partial charge >= 0.3 is 5.97 Å². The van der Waals surface area contributed by atoms with Gasteiger partial charge in [-0.05, 0) is 35.6 Å². The Morgan fingerprint density at radius 2 is 2.19 bits per heavy atom. The molecule has 1 amide bonds. The zero-order valence-electron chi connectivity index (χ0n) is 11.0. The van der Waals surface area contributed by atoms with Gasteiger partial charge in [-0.3, -0.25) is 4.79 Å². The summed E-state index contributed by atoms with van der Waals surface area (Å²) in [5.74, 6) is -0.670. The molecular weight excluding hydrogens is 330 g/mol. The van der Waals surface area contributed by atoms with Gasteiger partial charge in [-0.2, -0.15) is 0 Å². The summed E-state index contributed by atoms with van der Waals surface area (Å²) < 4.78 is 5.57. The van der Waals surface area contributed by atoms with Crippen LogP contribution < -0.4 is 0 Å². The number of hydrogen-bond donors (Lipinski definition) is 0. The van der Waals surface area contributed by atoms with E-state index in [9.17, 15) is 9.59 Å². The predicted molar refractivity (Wildman–Crippen MR) is 83.1 cm³/mol. The first kappa shape index (κ1) is 14.6. The second-order valence-corrected chi connectivity index (χ2v) is 7.33. The van der Waals surface area contributed by atoms with Crippen molar-refractivity contribution in [3.63, 3.8) is 0 Å². The molecule has 3 heterocycles. The van der Waals surface area contributed by atoms with Crippen LogP contribution in [0.1, 0.15) is 20.1 Å². The van der Waals surface area contributed by atoms with Crippen LogP contribution in [0.25, 0.3) is 0 Å². The molecule has 0 N–H and O–H groups in total. The summed E-state index contributed by atoms with van der Waals surface area (Å²) in [5.41, 5.74) is 1.19. The Balaban J connectivity index is 1.54. The molecule has 1 aliphatic rings. The highest BCUT2D eigenvalue weighted by atomic mass is 35.5. The molecule has 0 bridgehead atoms. The van der Waals surface area contributed by atoms with Gasteiger partial charge in [0.15, 0.2) is 6.61 Å². The van der Waals surface area contributed by atoms with Crippen LogP contribution in [0.4, 0.5) is 0 Å². The van der Waals surface area contributed by atoms with Crippen molar-refractivity contribution in [1.29, 1.82) is 0 Å². The third-order valence-corrected chi connectivity index (χ3v) is 5.50. The lowest BCUT2D eigenvalue weighted by Crippen LogP contribution is -2.38. The summed E-state index contributed by atoms with van der Waals surface area (Å²) in [5, 5.41) is 2.04. The van der Waals surface area contributed by atoms with Crippen molar-refractivity contribution in [3.8, 4) is 0 Å². The number of carbonyl (C=O) groups is 2. The topological polar surface area (TPSA) is 46.6 Å². The number of ether oxygens (including phenoxy) is 1. The first-order chi connectivity index (χ1) is 10.1.